The van der Waals surface area contributed by atoms with Crippen molar-refractivity contribution in [1.29, 1.82) is 0 Å². The SMILES string of the molecule is BrCCCOC1CCc2c(ccc3c2ccc2ccccc23)C1. The van der Waals surface area contributed by atoms with Crippen LogP contribution in [0.15, 0.2) is 48.5 Å². The molecular formula is C21H21BrO. The van der Waals surface area contributed by atoms with E-state index in [-0.39, 0.29) is 0 Å². The van der Waals surface area contributed by atoms with E-state index in [4.69, 9.17) is 4.74 Å². The normalized spacial score (nSPS) is 17.5. The lowest BCUT2D eigenvalue weighted by Crippen LogP contribution is -2.23. The van der Waals surface area contributed by atoms with E-state index in [9.17, 15) is 0 Å². The second kappa shape index (κ2) is 6.62. The van der Waals surface area contributed by atoms with Gasteiger partial charge in [0, 0.05) is 11.9 Å². The van der Waals surface area contributed by atoms with Gasteiger partial charge in [-0.15, -0.1) is 0 Å². The Hall–Kier alpha value is -1.38. The van der Waals surface area contributed by atoms with Gasteiger partial charge in [0.25, 0.3) is 0 Å². The molecule has 1 atom stereocenters. The van der Waals surface area contributed by atoms with Gasteiger partial charge in [0.1, 0.15) is 0 Å². The molecule has 4 rings (SSSR count). The molecule has 0 aliphatic heterocycles. The summed E-state index contributed by atoms with van der Waals surface area (Å²) in [7, 11) is 0. The third-order valence-electron chi connectivity index (χ3n) is 4.93. The van der Waals surface area contributed by atoms with E-state index < -0.39 is 0 Å². The highest BCUT2D eigenvalue weighted by Gasteiger charge is 2.21. The minimum absolute atomic E-state index is 0.388. The molecule has 3 aromatic rings. The van der Waals surface area contributed by atoms with Crippen molar-refractivity contribution in [3.8, 4) is 0 Å². The highest BCUT2D eigenvalue weighted by molar-refractivity contribution is 9.09. The molecule has 23 heavy (non-hydrogen) atoms. The predicted molar refractivity (Wildman–Crippen MR) is 102 cm³/mol. The predicted octanol–water partition coefficient (Wildman–Crippen LogP) is 5.65. The van der Waals surface area contributed by atoms with Crippen LogP contribution in [0.5, 0.6) is 0 Å². The zero-order valence-electron chi connectivity index (χ0n) is 13.2. The van der Waals surface area contributed by atoms with Gasteiger partial charge < -0.3 is 4.74 Å². The summed E-state index contributed by atoms with van der Waals surface area (Å²) in [6, 6.07) is 17.9. The fraction of sp³-hybridized carbons (Fsp3) is 0.333. The Morgan fingerprint density at radius 2 is 1.83 bits per heavy atom. The van der Waals surface area contributed by atoms with Crippen LogP contribution >= 0.6 is 15.9 Å². The molecule has 0 fully saturated rings. The van der Waals surface area contributed by atoms with Crippen LogP contribution in [0.3, 0.4) is 0 Å². The van der Waals surface area contributed by atoms with Crippen molar-refractivity contribution >= 4 is 37.5 Å². The minimum atomic E-state index is 0.388. The Morgan fingerprint density at radius 3 is 2.74 bits per heavy atom. The first kappa shape index (κ1) is 15.2. The van der Waals surface area contributed by atoms with E-state index in [1.165, 1.54) is 32.7 Å². The molecule has 0 saturated heterocycles. The number of fused-ring (bicyclic) bond motifs is 5. The topological polar surface area (TPSA) is 9.23 Å². The molecule has 0 aromatic heterocycles. The molecule has 2 heteroatoms. The number of halogens is 1. The lowest BCUT2D eigenvalue weighted by Gasteiger charge is -2.26. The summed E-state index contributed by atoms with van der Waals surface area (Å²) in [5, 5.41) is 6.53. The first-order chi connectivity index (χ1) is 11.4. The van der Waals surface area contributed by atoms with Crippen LogP contribution in [0.2, 0.25) is 0 Å². The number of benzene rings is 3. The van der Waals surface area contributed by atoms with E-state index in [1.54, 1.807) is 0 Å². The second-order valence-electron chi connectivity index (χ2n) is 6.36. The van der Waals surface area contributed by atoms with Crippen molar-refractivity contribution in [3.63, 3.8) is 0 Å². The molecule has 0 radical (unpaired) electrons. The molecule has 1 aliphatic rings. The van der Waals surface area contributed by atoms with Gasteiger partial charge in [0.15, 0.2) is 0 Å². The number of hydrogen-bond donors (Lipinski definition) is 0. The standard InChI is InChI=1S/C21H21BrO/c22-12-3-13-23-17-8-11-19-16(14-17)7-10-20-18-5-2-1-4-15(18)6-9-21(19)20/h1-2,4-7,9-10,17H,3,8,11-14H2. The van der Waals surface area contributed by atoms with Crippen LogP contribution in [-0.4, -0.2) is 18.0 Å². The molecule has 0 bridgehead atoms. The molecule has 3 aromatic carbocycles. The Kier molecular flexibility index (Phi) is 4.37. The molecule has 0 spiro atoms. The fourth-order valence-corrected chi connectivity index (χ4v) is 4.01. The van der Waals surface area contributed by atoms with Crippen molar-refractivity contribution in [2.75, 3.05) is 11.9 Å². The van der Waals surface area contributed by atoms with Gasteiger partial charge in [-0.2, -0.15) is 0 Å². The van der Waals surface area contributed by atoms with E-state index in [2.05, 4.69) is 64.5 Å². The Morgan fingerprint density at radius 1 is 0.957 bits per heavy atom. The first-order valence-electron chi connectivity index (χ1n) is 8.46. The lowest BCUT2D eigenvalue weighted by molar-refractivity contribution is 0.0454. The number of hydrogen-bond acceptors (Lipinski definition) is 1. The van der Waals surface area contributed by atoms with Gasteiger partial charge in [0.2, 0.25) is 0 Å². The van der Waals surface area contributed by atoms with Gasteiger partial charge in [-0.3, -0.25) is 0 Å². The Labute approximate surface area is 145 Å². The number of ether oxygens (including phenoxy) is 1. The monoisotopic (exact) mass is 368 g/mol. The van der Waals surface area contributed by atoms with Gasteiger partial charge >= 0.3 is 0 Å². The van der Waals surface area contributed by atoms with Crippen LogP contribution in [0.1, 0.15) is 24.0 Å². The van der Waals surface area contributed by atoms with Gasteiger partial charge in [-0.25, -0.2) is 0 Å². The molecular weight excluding hydrogens is 348 g/mol. The molecule has 0 saturated carbocycles. The van der Waals surface area contributed by atoms with E-state index in [0.29, 0.717) is 6.10 Å². The molecule has 1 aliphatic carbocycles. The third kappa shape index (κ3) is 2.90. The fourth-order valence-electron chi connectivity index (χ4n) is 3.78. The molecule has 1 nitrogen and oxygen atoms in total. The van der Waals surface area contributed by atoms with Crippen LogP contribution in [0.4, 0.5) is 0 Å². The maximum atomic E-state index is 6.03. The number of rotatable bonds is 4. The summed E-state index contributed by atoms with van der Waals surface area (Å²) < 4.78 is 6.03. The van der Waals surface area contributed by atoms with Crippen molar-refractivity contribution < 1.29 is 4.74 Å². The highest BCUT2D eigenvalue weighted by atomic mass is 79.9. The van der Waals surface area contributed by atoms with E-state index in [0.717, 1.165) is 37.6 Å². The summed E-state index contributed by atoms with van der Waals surface area (Å²) in [6.07, 6.45) is 4.80. The van der Waals surface area contributed by atoms with E-state index in [1.807, 2.05) is 0 Å². The van der Waals surface area contributed by atoms with Crippen LogP contribution < -0.4 is 0 Å². The zero-order chi connectivity index (χ0) is 15.6. The maximum absolute atomic E-state index is 6.03. The highest BCUT2D eigenvalue weighted by Crippen LogP contribution is 2.33. The van der Waals surface area contributed by atoms with Crippen molar-refractivity contribution in [2.45, 2.75) is 31.8 Å². The zero-order valence-corrected chi connectivity index (χ0v) is 14.8. The molecule has 0 amide bonds. The Bertz CT molecular complexity index is 840. The molecule has 118 valence electrons. The average Bonchev–Trinajstić information content (AvgIpc) is 2.61. The largest absolute Gasteiger partial charge is 0.378 e. The lowest BCUT2D eigenvalue weighted by atomic mass is 9.85. The molecule has 1 unspecified atom stereocenters. The Balaban J connectivity index is 1.70. The van der Waals surface area contributed by atoms with E-state index >= 15 is 0 Å². The summed E-state index contributed by atoms with van der Waals surface area (Å²) in [4.78, 5) is 0. The van der Waals surface area contributed by atoms with Gasteiger partial charge in [0.05, 0.1) is 6.10 Å². The summed E-state index contributed by atoms with van der Waals surface area (Å²) in [5.41, 5.74) is 3.01. The van der Waals surface area contributed by atoms with Crippen molar-refractivity contribution in [3.05, 3.63) is 59.7 Å². The maximum Gasteiger partial charge on any atom is 0.0618 e. The summed E-state index contributed by atoms with van der Waals surface area (Å²) >= 11 is 3.47. The van der Waals surface area contributed by atoms with Crippen LogP contribution in [0.25, 0.3) is 21.5 Å². The first-order valence-corrected chi connectivity index (χ1v) is 9.59. The summed E-state index contributed by atoms with van der Waals surface area (Å²) in [5.74, 6) is 0. The minimum Gasteiger partial charge on any atom is -0.378 e. The van der Waals surface area contributed by atoms with Gasteiger partial charge in [-0.05, 0) is 58.4 Å². The molecule has 0 heterocycles. The van der Waals surface area contributed by atoms with Gasteiger partial charge in [-0.1, -0.05) is 64.5 Å². The average molecular weight is 369 g/mol. The van der Waals surface area contributed by atoms with Crippen molar-refractivity contribution in [1.82, 2.24) is 0 Å². The smallest absolute Gasteiger partial charge is 0.0618 e. The second-order valence-corrected chi connectivity index (χ2v) is 7.16. The third-order valence-corrected chi connectivity index (χ3v) is 5.49. The molecule has 0 N–H and O–H groups in total. The number of alkyl halides is 1. The van der Waals surface area contributed by atoms with Crippen molar-refractivity contribution in [2.24, 2.45) is 0 Å². The summed E-state index contributed by atoms with van der Waals surface area (Å²) in [6.45, 7) is 0.865. The van der Waals surface area contributed by atoms with Crippen LogP contribution in [-0.2, 0) is 17.6 Å². The number of aryl methyl sites for hydroxylation is 1. The quantitative estimate of drug-likeness (QED) is 0.328. The van der Waals surface area contributed by atoms with Crippen LogP contribution in [0, 0.1) is 0 Å².